The summed E-state index contributed by atoms with van der Waals surface area (Å²) in [5, 5.41) is 27.2. The van der Waals surface area contributed by atoms with Gasteiger partial charge in [0.05, 0.1) is 30.1 Å². The number of hydrogen-bond donors (Lipinski definition) is 2. The minimum Gasteiger partial charge on any atom is -0.506 e. The van der Waals surface area contributed by atoms with Gasteiger partial charge in [-0.25, -0.2) is 0 Å². The molecule has 0 saturated carbocycles. The molecule has 0 radical (unpaired) electrons. The van der Waals surface area contributed by atoms with Crippen molar-refractivity contribution in [2.75, 3.05) is 7.11 Å². The lowest BCUT2D eigenvalue weighted by Gasteiger charge is -2.05. The summed E-state index contributed by atoms with van der Waals surface area (Å²) in [4.78, 5) is 0. The normalized spacial score (nSPS) is 11.0. The fraction of sp³-hybridized carbons (Fsp3) is 0.200. The molecule has 0 saturated heterocycles. The second kappa shape index (κ2) is 6.56. The summed E-state index contributed by atoms with van der Waals surface area (Å²) in [6.07, 6.45) is 0. The number of phenolic OH excluding ortho intramolecular Hbond substituents is 1. The van der Waals surface area contributed by atoms with Gasteiger partial charge in [-0.05, 0) is 42.8 Å². The summed E-state index contributed by atoms with van der Waals surface area (Å²) in [7, 11) is 1.60. The summed E-state index contributed by atoms with van der Waals surface area (Å²) < 4.78 is 5.13. The van der Waals surface area contributed by atoms with Crippen LogP contribution in [0.4, 0.5) is 11.4 Å². The van der Waals surface area contributed by atoms with E-state index in [0.717, 1.165) is 11.3 Å². The number of rotatable bonds is 4. The summed E-state index contributed by atoms with van der Waals surface area (Å²) in [6.45, 7) is 1.63. The number of aliphatic hydroxyl groups excluding tert-OH is 1. The lowest BCUT2D eigenvalue weighted by molar-refractivity contribution is 0.281. The number of halogens is 1. The number of phenols is 1. The van der Waals surface area contributed by atoms with Crippen LogP contribution in [0.25, 0.3) is 0 Å². The van der Waals surface area contributed by atoms with Crippen molar-refractivity contribution in [2.45, 2.75) is 13.5 Å². The average Bonchev–Trinajstić information content (AvgIpc) is 2.48. The molecular formula is C15H15ClN2O3. The first-order valence-electron chi connectivity index (χ1n) is 6.23. The van der Waals surface area contributed by atoms with Crippen LogP contribution in [0, 0.1) is 6.92 Å². The standard InChI is InChI=1S/C15H15ClN2O3/c1-9-5-11(21-2)3-4-13(9)17-18-14-7-12(16)15(20)6-10(14)8-19/h3-7,19-20H,8H2,1-2H3. The van der Waals surface area contributed by atoms with Gasteiger partial charge in [0.15, 0.2) is 0 Å². The van der Waals surface area contributed by atoms with Crippen LogP contribution in [-0.4, -0.2) is 17.3 Å². The molecule has 2 N–H and O–H groups in total. The number of azo groups is 1. The van der Waals surface area contributed by atoms with Crippen LogP contribution in [0.15, 0.2) is 40.6 Å². The van der Waals surface area contributed by atoms with Crippen LogP contribution in [0.3, 0.4) is 0 Å². The predicted octanol–water partition coefficient (Wildman–Crippen LogP) is 4.27. The molecule has 0 fully saturated rings. The van der Waals surface area contributed by atoms with Gasteiger partial charge in [0, 0.05) is 5.56 Å². The third-order valence-electron chi connectivity index (χ3n) is 2.99. The molecule has 5 nitrogen and oxygen atoms in total. The lowest BCUT2D eigenvalue weighted by Crippen LogP contribution is -1.85. The van der Waals surface area contributed by atoms with Gasteiger partial charge in [-0.1, -0.05) is 11.6 Å². The van der Waals surface area contributed by atoms with Crippen LogP contribution in [0.5, 0.6) is 11.5 Å². The minimum atomic E-state index is -0.263. The van der Waals surface area contributed by atoms with Gasteiger partial charge in [-0.3, -0.25) is 0 Å². The van der Waals surface area contributed by atoms with Crippen molar-refractivity contribution < 1.29 is 14.9 Å². The summed E-state index contributed by atoms with van der Waals surface area (Å²) >= 11 is 5.85. The molecule has 0 aliphatic rings. The molecule has 2 aromatic rings. The van der Waals surface area contributed by atoms with Gasteiger partial charge in [-0.2, -0.15) is 10.2 Å². The minimum absolute atomic E-state index is 0.0969. The monoisotopic (exact) mass is 306 g/mol. The fourth-order valence-corrected chi connectivity index (χ4v) is 1.95. The molecule has 0 spiro atoms. The average molecular weight is 307 g/mol. The van der Waals surface area contributed by atoms with Crippen molar-refractivity contribution in [1.29, 1.82) is 0 Å². The van der Waals surface area contributed by atoms with E-state index in [-0.39, 0.29) is 17.4 Å². The SMILES string of the molecule is COc1ccc(N=Nc2cc(Cl)c(O)cc2CO)c(C)c1. The molecule has 0 atom stereocenters. The Labute approximate surface area is 127 Å². The highest BCUT2D eigenvalue weighted by molar-refractivity contribution is 6.32. The predicted molar refractivity (Wildman–Crippen MR) is 80.9 cm³/mol. The number of benzene rings is 2. The maximum atomic E-state index is 9.51. The molecule has 0 unspecified atom stereocenters. The third-order valence-corrected chi connectivity index (χ3v) is 3.29. The molecule has 0 heterocycles. The van der Waals surface area contributed by atoms with Crippen LogP contribution >= 0.6 is 11.6 Å². The van der Waals surface area contributed by atoms with E-state index in [1.54, 1.807) is 19.2 Å². The van der Waals surface area contributed by atoms with Crippen LogP contribution in [0.2, 0.25) is 5.02 Å². The second-order valence-corrected chi connectivity index (χ2v) is 4.85. The Morgan fingerprint density at radius 1 is 1.14 bits per heavy atom. The zero-order valence-electron chi connectivity index (χ0n) is 11.7. The first kappa shape index (κ1) is 15.3. The molecular weight excluding hydrogens is 292 g/mol. The Balaban J connectivity index is 2.35. The van der Waals surface area contributed by atoms with E-state index in [1.807, 2.05) is 13.0 Å². The molecule has 0 bridgehead atoms. The van der Waals surface area contributed by atoms with Gasteiger partial charge in [0.1, 0.15) is 11.5 Å². The van der Waals surface area contributed by atoms with E-state index in [1.165, 1.54) is 12.1 Å². The number of aryl methyl sites for hydroxylation is 1. The number of methoxy groups -OCH3 is 1. The molecule has 2 aromatic carbocycles. The molecule has 0 aliphatic carbocycles. The van der Waals surface area contributed by atoms with Gasteiger partial charge >= 0.3 is 0 Å². The largest absolute Gasteiger partial charge is 0.506 e. The highest BCUT2D eigenvalue weighted by Crippen LogP contribution is 2.33. The smallest absolute Gasteiger partial charge is 0.134 e. The Kier molecular flexibility index (Phi) is 4.77. The van der Waals surface area contributed by atoms with Crippen molar-refractivity contribution in [1.82, 2.24) is 0 Å². The van der Waals surface area contributed by atoms with E-state index in [0.29, 0.717) is 16.9 Å². The molecule has 0 amide bonds. The topological polar surface area (TPSA) is 74.4 Å². The molecule has 0 aliphatic heterocycles. The van der Waals surface area contributed by atoms with Gasteiger partial charge in [0.25, 0.3) is 0 Å². The fourth-order valence-electron chi connectivity index (χ4n) is 1.79. The summed E-state index contributed by atoms with van der Waals surface area (Å²) in [5.74, 6) is 0.649. The van der Waals surface area contributed by atoms with Gasteiger partial charge in [0.2, 0.25) is 0 Å². The summed E-state index contributed by atoms with van der Waals surface area (Å²) in [5.41, 5.74) is 2.46. The maximum Gasteiger partial charge on any atom is 0.134 e. The Bertz CT molecular complexity index is 687. The molecule has 21 heavy (non-hydrogen) atoms. The van der Waals surface area contributed by atoms with E-state index < -0.39 is 0 Å². The maximum absolute atomic E-state index is 9.51. The molecule has 6 heteroatoms. The quantitative estimate of drug-likeness (QED) is 0.828. The van der Waals surface area contributed by atoms with Crippen LogP contribution < -0.4 is 4.74 Å². The van der Waals surface area contributed by atoms with Crippen molar-refractivity contribution in [2.24, 2.45) is 10.2 Å². The van der Waals surface area contributed by atoms with Crippen molar-refractivity contribution in [3.63, 3.8) is 0 Å². The molecule has 2 rings (SSSR count). The number of nitrogens with zero attached hydrogens (tertiary/aromatic N) is 2. The highest BCUT2D eigenvalue weighted by Gasteiger charge is 2.07. The number of hydrogen-bond acceptors (Lipinski definition) is 5. The van der Waals surface area contributed by atoms with E-state index in [4.69, 9.17) is 16.3 Å². The molecule has 0 aromatic heterocycles. The Morgan fingerprint density at radius 3 is 2.48 bits per heavy atom. The van der Waals surface area contributed by atoms with Crippen LogP contribution in [-0.2, 0) is 6.61 Å². The van der Waals surface area contributed by atoms with E-state index in [2.05, 4.69) is 10.2 Å². The number of aromatic hydroxyl groups is 1. The van der Waals surface area contributed by atoms with Gasteiger partial charge in [-0.15, -0.1) is 0 Å². The number of aliphatic hydroxyl groups is 1. The Morgan fingerprint density at radius 2 is 1.86 bits per heavy atom. The number of ether oxygens (including phenoxy) is 1. The van der Waals surface area contributed by atoms with Crippen molar-refractivity contribution in [3.05, 3.63) is 46.5 Å². The van der Waals surface area contributed by atoms with Gasteiger partial charge < -0.3 is 14.9 Å². The second-order valence-electron chi connectivity index (χ2n) is 4.44. The van der Waals surface area contributed by atoms with Crippen molar-refractivity contribution in [3.8, 4) is 11.5 Å². The first-order chi connectivity index (χ1) is 10.0. The lowest BCUT2D eigenvalue weighted by atomic mass is 10.2. The molecule has 110 valence electrons. The highest BCUT2D eigenvalue weighted by atomic mass is 35.5. The first-order valence-corrected chi connectivity index (χ1v) is 6.61. The van der Waals surface area contributed by atoms with Crippen LogP contribution in [0.1, 0.15) is 11.1 Å². The van der Waals surface area contributed by atoms with Crippen molar-refractivity contribution >= 4 is 23.0 Å². The van der Waals surface area contributed by atoms with E-state index >= 15 is 0 Å². The third kappa shape index (κ3) is 3.51. The zero-order valence-corrected chi connectivity index (χ0v) is 12.4. The Hall–Kier alpha value is -2.11. The zero-order chi connectivity index (χ0) is 15.4. The summed E-state index contributed by atoms with van der Waals surface area (Å²) in [6, 6.07) is 8.27. The van der Waals surface area contributed by atoms with E-state index in [9.17, 15) is 10.2 Å².